The highest BCUT2D eigenvalue weighted by atomic mass is 16.5. The van der Waals surface area contributed by atoms with E-state index in [1.807, 2.05) is 25.2 Å². The number of rotatable bonds is 5. The molecule has 110 valence electrons. The number of nitrogens with zero attached hydrogens (tertiary/aromatic N) is 1. The number of ether oxygens (including phenoxy) is 1. The number of amides is 1. The number of benzene rings is 1. The van der Waals surface area contributed by atoms with Crippen molar-refractivity contribution in [2.24, 2.45) is 5.92 Å². The lowest BCUT2D eigenvalue weighted by Crippen LogP contribution is -2.37. The van der Waals surface area contributed by atoms with Gasteiger partial charge in [-0.05, 0) is 43.0 Å². The van der Waals surface area contributed by atoms with E-state index in [4.69, 9.17) is 4.74 Å². The van der Waals surface area contributed by atoms with Crippen LogP contribution in [0.4, 0.5) is 5.69 Å². The van der Waals surface area contributed by atoms with E-state index in [-0.39, 0.29) is 5.91 Å². The number of likely N-dealkylation sites (N-methyl/N-ethyl adjacent to an activating group) is 1. The van der Waals surface area contributed by atoms with Crippen molar-refractivity contribution in [2.75, 3.05) is 19.1 Å². The Kier molecular flexibility index (Phi) is 4.07. The van der Waals surface area contributed by atoms with Gasteiger partial charge in [0.05, 0.1) is 12.5 Å². The lowest BCUT2D eigenvalue weighted by atomic mass is 9.75. The van der Waals surface area contributed by atoms with Crippen LogP contribution in [0.1, 0.15) is 45.6 Å². The molecule has 3 nitrogen and oxygen atoms in total. The van der Waals surface area contributed by atoms with Crippen molar-refractivity contribution >= 4 is 11.6 Å². The first-order chi connectivity index (χ1) is 9.47. The summed E-state index contributed by atoms with van der Waals surface area (Å²) >= 11 is 0. The van der Waals surface area contributed by atoms with Crippen LogP contribution in [0.15, 0.2) is 18.2 Å². The van der Waals surface area contributed by atoms with Crippen molar-refractivity contribution in [3.05, 3.63) is 23.8 Å². The quantitative estimate of drug-likeness (QED) is 0.819. The highest BCUT2D eigenvalue weighted by Gasteiger charge is 2.46. The van der Waals surface area contributed by atoms with E-state index in [1.165, 1.54) is 0 Å². The maximum Gasteiger partial charge on any atom is 0.237 e. The molecule has 3 heteroatoms. The molecule has 0 saturated carbocycles. The summed E-state index contributed by atoms with van der Waals surface area (Å²) in [4.78, 5) is 14.5. The zero-order chi connectivity index (χ0) is 14.9. The lowest BCUT2D eigenvalue weighted by Gasteiger charge is -2.27. The van der Waals surface area contributed by atoms with Gasteiger partial charge >= 0.3 is 0 Å². The van der Waals surface area contributed by atoms with Crippen molar-refractivity contribution in [3.63, 3.8) is 0 Å². The molecular formula is C17H25NO2. The van der Waals surface area contributed by atoms with E-state index in [0.717, 1.165) is 36.3 Å². The van der Waals surface area contributed by atoms with Crippen LogP contribution < -0.4 is 9.64 Å². The second-order valence-electron chi connectivity index (χ2n) is 5.97. The van der Waals surface area contributed by atoms with Gasteiger partial charge < -0.3 is 9.64 Å². The maximum absolute atomic E-state index is 12.7. The van der Waals surface area contributed by atoms with E-state index in [1.54, 1.807) is 12.0 Å². The summed E-state index contributed by atoms with van der Waals surface area (Å²) in [6, 6.07) is 5.94. The Balaban J connectivity index is 2.46. The minimum Gasteiger partial charge on any atom is -0.497 e. The molecule has 0 N–H and O–H groups in total. The molecule has 1 atom stereocenters. The summed E-state index contributed by atoms with van der Waals surface area (Å²) < 4.78 is 5.33. The molecule has 0 saturated heterocycles. The fourth-order valence-corrected chi connectivity index (χ4v) is 3.32. The largest absolute Gasteiger partial charge is 0.497 e. The summed E-state index contributed by atoms with van der Waals surface area (Å²) in [5.74, 6) is 1.60. The highest BCUT2D eigenvalue weighted by Crippen LogP contribution is 2.46. The average molecular weight is 275 g/mol. The molecule has 1 aromatic rings. The molecule has 1 unspecified atom stereocenters. The van der Waals surface area contributed by atoms with Gasteiger partial charge in [-0.1, -0.05) is 26.7 Å². The van der Waals surface area contributed by atoms with Gasteiger partial charge in [0.1, 0.15) is 5.75 Å². The second kappa shape index (κ2) is 5.47. The Morgan fingerprint density at radius 1 is 1.30 bits per heavy atom. The number of hydrogen-bond acceptors (Lipinski definition) is 2. The summed E-state index contributed by atoms with van der Waals surface area (Å²) in [6.45, 7) is 6.48. The van der Waals surface area contributed by atoms with Gasteiger partial charge in [0.15, 0.2) is 0 Å². The summed E-state index contributed by atoms with van der Waals surface area (Å²) in [6.07, 6.45) is 3.13. The fraction of sp³-hybridized carbons (Fsp3) is 0.588. The Hall–Kier alpha value is -1.51. The Morgan fingerprint density at radius 3 is 2.50 bits per heavy atom. The molecule has 20 heavy (non-hydrogen) atoms. The van der Waals surface area contributed by atoms with Crippen molar-refractivity contribution < 1.29 is 9.53 Å². The van der Waals surface area contributed by atoms with E-state index >= 15 is 0 Å². The SMILES string of the molecule is CCC(CC)CC1(C)C(=O)N(C)c2ccc(OC)cc21. The third-order valence-electron chi connectivity index (χ3n) is 4.79. The third kappa shape index (κ3) is 2.19. The molecule has 0 fully saturated rings. The number of methoxy groups -OCH3 is 1. The van der Waals surface area contributed by atoms with Gasteiger partial charge in [-0.3, -0.25) is 4.79 Å². The molecule has 1 aromatic carbocycles. The zero-order valence-electron chi connectivity index (χ0n) is 13.2. The molecule has 0 aliphatic carbocycles. The van der Waals surface area contributed by atoms with E-state index < -0.39 is 5.41 Å². The first-order valence-corrected chi connectivity index (χ1v) is 7.44. The zero-order valence-corrected chi connectivity index (χ0v) is 13.2. The van der Waals surface area contributed by atoms with Gasteiger partial charge in [-0.2, -0.15) is 0 Å². The van der Waals surface area contributed by atoms with Crippen LogP contribution in [-0.2, 0) is 10.2 Å². The number of hydrogen-bond donors (Lipinski definition) is 0. The van der Waals surface area contributed by atoms with Crippen molar-refractivity contribution in [2.45, 2.75) is 45.4 Å². The molecule has 0 radical (unpaired) electrons. The van der Waals surface area contributed by atoms with Gasteiger partial charge in [0.2, 0.25) is 5.91 Å². The van der Waals surface area contributed by atoms with Gasteiger partial charge in [0, 0.05) is 12.7 Å². The summed E-state index contributed by atoms with van der Waals surface area (Å²) in [5.41, 5.74) is 1.70. The molecular weight excluding hydrogens is 250 g/mol. The fourth-order valence-electron chi connectivity index (χ4n) is 3.32. The molecule has 1 heterocycles. The third-order valence-corrected chi connectivity index (χ3v) is 4.79. The predicted octanol–water partition coefficient (Wildman–Crippen LogP) is 3.76. The van der Waals surface area contributed by atoms with Crippen molar-refractivity contribution in [1.29, 1.82) is 0 Å². The first-order valence-electron chi connectivity index (χ1n) is 7.44. The van der Waals surface area contributed by atoms with Crippen LogP contribution in [0.5, 0.6) is 5.75 Å². The highest BCUT2D eigenvalue weighted by molar-refractivity contribution is 6.07. The van der Waals surface area contributed by atoms with Crippen LogP contribution in [0.3, 0.4) is 0 Å². The van der Waals surface area contributed by atoms with Crippen LogP contribution in [0, 0.1) is 5.92 Å². The van der Waals surface area contributed by atoms with E-state index in [2.05, 4.69) is 20.8 Å². The lowest BCUT2D eigenvalue weighted by molar-refractivity contribution is -0.123. The Labute approximate surface area is 121 Å². The first kappa shape index (κ1) is 14.9. The summed E-state index contributed by atoms with van der Waals surface area (Å²) in [5, 5.41) is 0. The number of anilines is 1. The van der Waals surface area contributed by atoms with Crippen molar-refractivity contribution in [1.82, 2.24) is 0 Å². The van der Waals surface area contributed by atoms with Crippen molar-refractivity contribution in [3.8, 4) is 5.75 Å². The van der Waals surface area contributed by atoms with Crippen LogP contribution in [0.2, 0.25) is 0 Å². The molecule has 2 rings (SSSR count). The normalized spacial score (nSPS) is 21.5. The second-order valence-corrected chi connectivity index (χ2v) is 5.97. The Morgan fingerprint density at radius 2 is 1.95 bits per heavy atom. The molecule has 0 bridgehead atoms. The van der Waals surface area contributed by atoms with Gasteiger partial charge in [-0.15, -0.1) is 0 Å². The summed E-state index contributed by atoms with van der Waals surface area (Å²) in [7, 11) is 3.53. The number of carbonyl (C=O) groups is 1. The molecule has 0 spiro atoms. The minimum atomic E-state index is -0.421. The molecule has 0 aromatic heterocycles. The van der Waals surface area contributed by atoms with Crippen LogP contribution in [0.25, 0.3) is 0 Å². The van der Waals surface area contributed by atoms with Crippen LogP contribution in [-0.4, -0.2) is 20.1 Å². The van der Waals surface area contributed by atoms with Gasteiger partial charge in [0.25, 0.3) is 0 Å². The van der Waals surface area contributed by atoms with Crippen LogP contribution >= 0.6 is 0 Å². The standard InChI is InChI=1S/C17H25NO2/c1-6-12(7-2)11-17(3)14-10-13(20-5)8-9-15(14)18(4)16(17)19/h8-10,12H,6-7,11H2,1-5H3. The monoisotopic (exact) mass is 275 g/mol. The van der Waals surface area contributed by atoms with E-state index in [0.29, 0.717) is 5.92 Å². The number of carbonyl (C=O) groups excluding carboxylic acids is 1. The topological polar surface area (TPSA) is 29.5 Å². The molecule has 1 aliphatic rings. The minimum absolute atomic E-state index is 0.202. The molecule has 1 aliphatic heterocycles. The maximum atomic E-state index is 12.7. The van der Waals surface area contributed by atoms with E-state index in [9.17, 15) is 4.79 Å². The van der Waals surface area contributed by atoms with Gasteiger partial charge in [-0.25, -0.2) is 0 Å². The predicted molar refractivity (Wildman–Crippen MR) is 82.4 cm³/mol. The average Bonchev–Trinajstić information content (AvgIpc) is 2.66. The number of fused-ring (bicyclic) bond motifs is 1. The smallest absolute Gasteiger partial charge is 0.237 e. The molecule has 1 amide bonds. The Bertz CT molecular complexity index is 508.